The summed E-state index contributed by atoms with van der Waals surface area (Å²) in [5, 5.41) is 0. The highest BCUT2D eigenvalue weighted by atomic mass is 15.3. The van der Waals surface area contributed by atoms with Crippen LogP contribution in [0.1, 0.15) is 37.8 Å². The molecule has 0 radical (unpaired) electrons. The first-order valence-corrected chi connectivity index (χ1v) is 7.04. The van der Waals surface area contributed by atoms with Crippen LogP contribution in [0.5, 0.6) is 0 Å². The molecule has 1 aromatic rings. The molecule has 1 fully saturated rings. The average molecular weight is 246 g/mol. The number of benzene rings is 1. The number of rotatable bonds is 2. The highest BCUT2D eigenvalue weighted by Gasteiger charge is 2.21. The van der Waals surface area contributed by atoms with Gasteiger partial charge in [0.25, 0.3) is 0 Å². The molecule has 2 heteroatoms. The summed E-state index contributed by atoms with van der Waals surface area (Å²) in [6, 6.07) is 7.59. The summed E-state index contributed by atoms with van der Waals surface area (Å²) >= 11 is 0. The SMILES string of the molecule is Cc1cc(C(C)C)ccc1N1CCN(C)[C@@H](C)C1. The van der Waals surface area contributed by atoms with Crippen molar-refractivity contribution in [2.45, 2.75) is 39.7 Å². The zero-order chi connectivity index (χ0) is 13.3. The topological polar surface area (TPSA) is 6.48 Å². The molecule has 1 atom stereocenters. The largest absolute Gasteiger partial charge is 0.368 e. The van der Waals surface area contributed by atoms with Crippen molar-refractivity contribution in [2.75, 3.05) is 31.6 Å². The average Bonchev–Trinajstić information content (AvgIpc) is 2.32. The minimum Gasteiger partial charge on any atom is -0.368 e. The minimum absolute atomic E-state index is 0.615. The normalized spacial score (nSPS) is 21.7. The Kier molecular flexibility index (Phi) is 3.96. The zero-order valence-corrected chi connectivity index (χ0v) is 12.4. The monoisotopic (exact) mass is 246 g/mol. The van der Waals surface area contributed by atoms with E-state index in [-0.39, 0.29) is 0 Å². The minimum atomic E-state index is 0.615. The van der Waals surface area contributed by atoms with E-state index in [0.717, 1.165) is 19.6 Å². The lowest BCUT2D eigenvalue weighted by Gasteiger charge is -2.39. The van der Waals surface area contributed by atoms with E-state index in [2.05, 4.69) is 62.7 Å². The van der Waals surface area contributed by atoms with E-state index >= 15 is 0 Å². The van der Waals surface area contributed by atoms with Gasteiger partial charge in [-0.3, -0.25) is 0 Å². The third-order valence-electron chi connectivity index (χ3n) is 4.19. The fourth-order valence-corrected chi connectivity index (χ4v) is 2.66. The Hall–Kier alpha value is -1.02. The van der Waals surface area contributed by atoms with Crippen LogP contribution in [0.3, 0.4) is 0 Å². The Balaban J connectivity index is 2.19. The summed E-state index contributed by atoms with van der Waals surface area (Å²) in [6.07, 6.45) is 0. The molecule has 0 unspecified atom stereocenters. The van der Waals surface area contributed by atoms with Gasteiger partial charge < -0.3 is 9.80 Å². The Labute approximate surface area is 112 Å². The van der Waals surface area contributed by atoms with Gasteiger partial charge in [0, 0.05) is 31.4 Å². The molecular formula is C16H26N2. The number of aryl methyl sites for hydroxylation is 1. The molecule has 18 heavy (non-hydrogen) atoms. The lowest BCUT2D eigenvalue weighted by atomic mass is 9.99. The van der Waals surface area contributed by atoms with Gasteiger partial charge in [-0.05, 0) is 44.0 Å². The third kappa shape index (κ3) is 2.69. The fraction of sp³-hybridized carbons (Fsp3) is 0.625. The predicted molar refractivity (Wildman–Crippen MR) is 79.6 cm³/mol. The van der Waals surface area contributed by atoms with Crippen LogP contribution >= 0.6 is 0 Å². The second-order valence-corrected chi connectivity index (χ2v) is 5.98. The van der Waals surface area contributed by atoms with Gasteiger partial charge in [0.2, 0.25) is 0 Å². The molecule has 1 aliphatic heterocycles. The van der Waals surface area contributed by atoms with Gasteiger partial charge in [-0.2, -0.15) is 0 Å². The number of likely N-dealkylation sites (N-methyl/N-ethyl adjacent to an activating group) is 1. The molecule has 0 spiro atoms. The van der Waals surface area contributed by atoms with Crippen molar-refractivity contribution in [2.24, 2.45) is 0 Å². The molecule has 0 saturated carbocycles. The van der Waals surface area contributed by atoms with Crippen molar-refractivity contribution in [1.82, 2.24) is 4.90 Å². The summed E-state index contributed by atoms with van der Waals surface area (Å²) in [5.41, 5.74) is 4.27. The molecule has 2 rings (SSSR count). The molecule has 0 aliphatic carbocycles. The summed E-state index contributed by atoms with van der Waals surface area (Å²) in [7, 11) is 2.22. The van der Waals surface area contributed by atoms with Gasteiger partial charge in [-0.25, -0.2) is 0 Å². The molecule has 0 N–H and O–H groups in total. The highest BCUT2D eigenvalue weighted by Crippen LogP contribution is 2.26. The number of hydrogen-bond acceptors (Lipinski definition) is 2. The summed E-state index contributed by atoms with van der Waals surface area (Å²) in [5.74, 6) is 0.615. The summed E-state index contributed by atoms with van der Waals surface area (Å²) < 4.78 is 0. The van der Waals surface area contributed by atoms with E-state index < -0.39 is 0 Å². The van der Waals surface area contributed by atoms with E-state index in [9.17, 15) is 0 Å². The maximum Gasteiger partial charge on any atom is 0.0397 e. The molecule has 1 aliphatic rings. The van der Waals surface area contributed by atoms with E-state index in [0.29, 0.717) is 12.0 Å². The van der Waals surface area contributed by atoms with Crippen LogP contribution in [-0.2, 0) is 0 Å². The molecule has 1 saturated heterocycles. The molecule has 100 valence electrons. The molecule has 0 amide bonds. The Morgan fingerprint density at radius 2 is 1.94 bits per heavy atom. The maximum absolute atomic E-state index is 2.53. The Morgan fingerprint density at radius 3 is 2.50 bits per heavy atom. The second-order valence-electron chi connectivity index (χ2n) is 5.98. The number of nitrogens with zero attached hydrogens (tertiary/aromatic N) is 2. The van der Waals surface area contributed by atoms with Gasteiger partial charge >= 0.3 is 0 Å². The Bertz CT molecular complexity index is 412. The van der Waals surface area contributed by atoms with E-state index in [1.54, 1.807) is 0 Å². The molecule has 0 bridgehead atoms. The first-order chi connectivity index (χ1) is 8.49. The quantitative estimate of drug-likeness (QED) is 0.790. The zero-order valence-electron chi connectivity index (χ0n) is 12.4. The number of piperazine rings is 1. The fourth-order valence-electron chi connectivity index (χ4n) is 2.66. The van der Waals surface area contributed by atoms with Crippen molar-refractivity contribution in [3.05, 3.63) is 29.3 Å². The van der Waals surface area contributed by atoms with Gasteiger partial charge in [0.15, 0.2) is 0 Å². The lowest BCUT2D eigenvalue weighted by molar-refractivity contribution is 0.234. The van der Waals surface area contributed by atoms with Crippen LogP contribution in [0.4, 0.5) is 5.69 Å². The first-order valence-electron chi connectivity index (χ1n) is 7.04. The number of hydrogen-bond donors (Lipinski definition) is 0. The van der Waals surface area contributed by atoms with Gasteiger partial charge in [0.1, 0.15) is 0 Å². The molecule has 2 nitrogen and oxygen atoms in total. The van der Waals surface area contributed by atoms with E-state index in [1.807, 2.05) is 0 Å². The molecule has 1 aromatic carbocycles. The smallest absolute Gasteiger partial charge is 0.0397 e. The highest BCUT2D eigenvalue weighted by molar-refractivity contribution is 5.55. The van der Waals surface area contributed by atoms with Crippen molar-refractivity contribution < 1.29 is 0 Å². The van der Waals surface area contributed by atoms with Crippen molar-refractivity contribution >= 4 is 5.69 Å². The predicted octanol–water partition coefficient (Wildman–Crippen LogP) is 3.26. The van der Waals surface area contributed by atoms with Crippen LogP contribution in [0.25, 0.3) is 0 Å². The van der Waals surface area contributed by atoms with E-state index in [1.165, 1.54) is 16.8 Å². The molecular weight excluding hydrogens is 220 g/mol. The van der Waals surface area contributed by atoms with Crippen molar-refractivity contribution in [3.8, 4) is 0 Å². The van der Waals surface area contributed by atoms with E-state index in [4.69, 9.17) is 0 Å². The van der Waals surface area contributed by atoms with Crippen molar-refractivity contribution in [3.63, 3.8) is 0 Å². The van der Waals surface area contributed by atoms with Gasteiger partial charge in [-0.1, -0.05) is 26.0 Å². The number of anilines is 1. The van der Waals surface area contributed by atoms with Crippen LogP contribution < -0.4 is 4.90 Å². The molecule has 1 heterocycles. The first kappa shape index (κ1) is 13.4. The Morgan fingerprint density at radius 1 is 1.22 bits per heavy atom. The molecule has 0 aromatic heterocycles. The summed E-state index contributed by atoms with van der Waals surface area (Å²) in [6.45, 7) is 12.5. The lowest BCUT2D eigenvalue weighted by Crippen LogP contribution is -2.50. The summed E-state index contributed by atoms with van der Waals surface area (Å²) in [4.78, 5) is 4.97. The van der Waals surface area contributed by atoms with Crippen LogP contribution in [0.2, 0.25) is 0 Å². The van der Waals surface area contributed by atoms with Crippen LogP contribution in [0, 0.1) is 6.92 Å². The van der Waals surface area contributed by atoms with Crippen LogP contribution in [-0.4, -0.2) is 37.6 Å². The third-order valence-corrected chi connectivity index (χ3v) is 4.19. The van der Waals surface area contributed by atoms with Gasteiger partial charge in [0.05, 0.1) is 0 Å². The standard InChI is InChI=1S/C16H26N2/c1-12(2)15-6-7-16(13(3)10-15)18-9-8-17(5)14(4)11-18/h6-7,10,12,14H,8-9,11H2,1-5H3/t14-/m0/s1. The second kappa shape index (κ2) is 5.31. The van der Waals surface area contributed by atoms with Crippen LogP contribution in [0.15, 0.2) is 18.2 Å². The maximum atomic E-state index is 2.53. The van der Waals surface area contributed by atoms with Crippen molar-refractivity contribution in [1.29, 1.82) is 0 Å². The van der Waals surface area contributed by atoms with Gasteiger partial charge in [-0.15, -0.1) is 0 Å².